The fourth-order valence-electron chi connectivity index (χ4n) is 2.64. The van der Waals surface area contributed by atoms with Crippen molar-refractivity contribution in [2.24, 2.45) is 0 Å². The van der Waals surface area contributed by atoms with Gasteiger partial charge in [-0.1, -0.05) is 12.1 Å². The number of rotatable bonds is 2. The Kier molecular flexibility index (Phi) is 2.74. The lowest BCUT2D eigenvalue weighted by molar-refractivity contribution is 1.11. The van der Waals surface area contributed by atoms with Crippen molar-refractivity contribution in [3.63, 3.8) is 0 Å². The molecule has 0 saturated heterocycles. The van der Waals surface area contributed by atoms with Crippen molar-refractivity contribution in [1.29, 1.82) is 0 Å². The Bertz CT molecular complexity index is 572. The van der Waals surface area contributed by atoms with Crippen LogP contribution >= 0.6 is 0 Å². The van der Waals surface area contributed by atoms with Gasteiger partial charge in [-0.2, -0.15) is 0 Å². The van der Waals surface area contributed by atoms with Gasteiger partial charge in [0, 0.05) is 45.6 Å². The molecule has 0 atom stereocenters. The van der Waals surface area contributed by atoms with E-state index in [0.717, 1.165) is 12.1 Å². The molecule has 0 unspecified atom stereocenters. The number of nitrogens with zero attached hydrogens (tertiary/aromatic N) is 2. The highest BCUT2D eigenvalue weighted by atomic mass is 15.1. The first-order valence-corrected chi connectivity index (χ1v) is 6.59. The molecule has 0 saturated carbocycles. The molecule has 1 aliphatic carbocycles. The Morgan fingerprint density at radius 1 is 0.895 bits per heavy atom. The second kappa shape index (κ2) is 4.30. The minimum Gasteiger partial charge on any atom is -0.378 e. The molecular weight excluding hydrogens is 232 g/mol. The summed E-state index contributed by atoms with van der Waals surface area (Å²) in [5.74, 6) is 0. The second-order valence-corrected chi connectivity index (χ2v) is 5.54. The van der Waals surface area contributed by atoms with Gasteiger partial charge in [0.05, 0.1) is 0 Å². The fraction of sp³-hybridized carbons (Fsp3) is 0.294. The van der Waals surface area contributed by atoms with Crippen molar-refractivity contribution in [2.75, 3.05) is 38.0 Å². The molecular formula is C17H19N2. The van der Waals surface area contributed by atoms with Crippen molar-refractivity contribution in [3.8, 4) is 11.1 Å². The summed E-state index contributed by atoms with van der Waals surface area (Å²) in [6.45, 7) is 0. The van der Waals surface area contributed by atoms with Gasteiger partial charge >= 0.3 is 0 Å². The zero-order valence-electron chi connectivity index (χ0n) is 12.0. The molecule has 0 spiro atoms. The molecule has 1 aliphatic rings. The summed E-state index contributed by atoms with van der Waals surface area (Å²) in [7, 11) is 8.29. The van der Waals surface area contributed by atoms with E-state index in [2.05, 4.69) is 74.4 Å². The van der Waals surface area contributed by atoms with Crippen LogP contribution in [0.15, 0.2) is 30.3 Å². The Hall–Kier alpha value is -1.96. The normalized spacial score (nSPS) is 12.0. The number of fused-ring (bicyclic) bond motifs is 3. The van der Waals surface area contributed by atoms with Crippen molar-refractivity contribution in [3.05, 3.63) is 47.5 Å². The first-order valence-electron chi connectivity index (χ1n) is 6.59. The highest BCUT2D eigenvalue weighted by Crippen LogP contribution is 2.39. The lowest BCUT2D eigenvalue weighted by Crippen LogP contribution is -2.08. The lowest BCUT2D eigenvalue weighted by Gasteiger charge is -2.14. The van der Waals surface area contributed by atoms with E-state index in [9.17, 15) is 0 Å². The van der Waals surface area contributed by atoms with Gasteiger partial charge in [0.15, 0.2) is 0 Å². The molecule has 2 heteroatoms. The van der Waals surface area contributed by atoms with Crippen LogP contribution in [-0.4, -0.2) is 28.2 Å². The highest BCUT2D eigenvalue weighted by Gasteiger charge is 2.19. The Morgan fingerprint density at radius 2 is 1.63 bits per heavy atom. The summed E-state index contributed by atoms with van der Waals surface area (Å²) < 4.78 is 0. The van der Waals surface area contributed by atoms with Crippen molar-refractivity contribution in [1.82, 2.24) is 0 Å². The van der Waals surface area contributed by atoms with Crippen LogP contribution in [0.1, 0.15) is 11.1 Å². The monoisotopic (exact) mass is 251 g/mol. The van der Waals surface area contributed by atoms with Crippen molar-refractivity contribution in [2.45, 2.75) is 6.42 Å². The Balaban J connectivity index is 2.05. The highest BCUT2D eigenvalue weighted by molar-refractivity contribution is 5.80. The lowest BCUT2D eigenvalue weighted by atomic mass is 10.0. The molecule has 1 radical (unpaired) electrons. The summed E-state index contributed by atoms with van der Waals surface area (Å²) in [6, 6.07) is 14.6. The first kappa shape index (κ1) is 12.1. The van der Waals surface area contributed by atoms with E-state index in [-0.39, 0.29) is 0 Å². The average molecular weight is 251 g/mol. The fourth-order valence-corrected chi connectivity index (χ4v) is 2.64. The maximum Gasteiger partial charge on any atom is 0.0444 e. The van der Waals surface area contributed by atoms with Gasteiger partial charge in [-0.3, -0.25) is 0 Å². The van der Waals surface area contributed by atoms with Crippen LogP contribution in [0.5, 0.6) is 0 Å². The van der Waals surface area contributed by atoms with Gasteiger partial charge in [-0.25, -0.2) is 0 Å². The van der Waals surface area contributed by atoms with Crippen LogP contribution in [0.3, 0.4) is 0 Å². The van der Waals surface area contributed by atoms with E-state index in [4.69, 9.17) is 0 Å². The van der Waals surface area contributed by atoms with E-state index in [1.165, 1.54) is 27.9 Å². The maximum atomic E-state index is 3.53. The quantitative estimate of drug-likeness (QED) is 0.690. The minimum absolute atomic E-state index is 0.994. The summed E-state index contributed by atoms with van der Waals surface area (Å²) in [5.41, 5.74) is 7.84. The summed E-state index contributed by atoms with van der Waals surface area (Å²) >= 11 is 0. The van der Waals surface area contributed by atoms with E-state index in [1.807, 2.05) is 0 Å². The number of hydrogen-bond donors (Lipinski definition) is 0. The van der Waals surface area contributed by atoms with Crippen LogP contribution in [0.2, 0.25) is 0 Å². The Labute approximate surface area is 115 Å². The zero-order chi connectivity index (χ0) is 13.6. The molecule has 2 aromatic rings. The molecule has 0 bridgehead atoms. The number of hydrogen-bond acceptors (Lipinski definition) is 2. The third-order valence-electron chi connectivity index (χ3n) is 3.76. The first-order chi connectivity index (χ1) is 9.06. The van der Waals surface area contributed by atoms with E-state index in [1.54, 1.807) is 0 Å². The predicted octanol–water partition coefficient (Wildman–Crippen LogP) is 3.19. The molecule has 0 amide bonds. The van der Waals surface area contributed by atoms with E-state index < -0.39 is 0 Å². The van der Waals surface area contributed by atoms with Gasteiger partial charge in [0.1, 0.15) is 0 Å². The molecule has 2 nitrogen and oxygen atoms in total. The zero-order valence-corrected chi connectivity index (χ0v) is 12.0. The summed E-state index contributed by atoms with van der Waals surface area (Å²) in [6.07, 6.45) is 0.994. The smallest absolute Gasteiger partial charge is 0.0444 e. The van der Waals surface area contributed by atoms with Gasteiger partial charge in [-0.05, 0) is 46.9 Å². The average Bonchev–Trinajstić information content (AvgIpc) is 2.74. The third kappa shape index (κ3) is 1.97. The molecule has 0 N–H and O–H groups in total. The van der Waals surface area contributed by atoms with E-state index in [0.29, 0.717) is 0 Å². The standard InChI is InChI=1S/C17H19N2/c1-18(2)14-5-7-16-12(10-14)9-13-11-15(19(3)4)6-8-17(13)16/h5-8,10H,9H2,1-4H3. The summed E-state index contributed by atoms with van der Waals surface area (Å²) in [5, 5.41) is 0. The van der Waals surface area contributed by atoms with Gasteiger partial charge < -0.3 is 9.80 Å². The topological polar surface area (TPSA) is 6.48 Å². The summed E-state index contributed by atoms with van der Waals surface area (Å²) in [4.78, 5) is 4.26. The third-order valence-corrected chi connectivity index (χ3v) is 3.76. The van der Waals surface area contributed by atoms with Crippen molar-refractivity contribution >= 4 is 11.4 Å². The van der Waals surface area contributed by atoms with Crippen LogP contribution in [0.4, 0.5) is 11.4 Å². The molecule has 19 heavy (non-hydrogen) atoms. The second-order valence-electron chi connectivity index (χ2n) is 5.54. The SMILES string of the molecule is CN(C)c1[c]c2c(cc1)-c1ccc(N(C)C)cc1C2. The molecule has 0 fully saturated rings. The van der Waals surface area contributed by atoms with Gasteiger partial charge in [0.25, 0.3) is 0 Å². The van der Waals surface area contributed by atoms with Gasteiger partial charge in [-0.15, -0.1) is 0 Å². The minimum atomic E-state index is 0.994. The molecule has 3 rings (SSSR count). The van der Waals surface area contributed by atoms with Crippen LogP contribution in [0.25, 0.3) is 11.1 Å². The Morgan fingerprint density at radius 3 is 2.32 bits per heavy atom. The molecule has 2 aromatic carbocycles. The largest absolute Gasteiger partial charge is 0.378 e. The number of anilines is 2. The van der Waals surface area contributed by atoms with Crippen molar-refractivity contribution < 1.29 is 0 Å². The molecule has 0 aliphatic heterocycles. The molecule has 0 aromatic heterocycles. The van der Waals surface area contributed by atoms with Gasteiger partial charge in [0.2, 0.25) is 0 Å². The number of benzene rings is 2. The maximum absolute atomic E-state index is 3.53. The van der Waals surface area contributed by atoms with E-state index >= 15 is 0 Å². The molecule has 97 valence electrons. The van der Waals surface area contributed by atoms with Crippen LogP contribution in [-0.2, 0) is 6.42 Å². The predicted molar refractivity (Wildman–Crippen MR) is 82.2 cm³/mol. The van der Waals surface area contributed by atoms with Crippen LogP contribution < -0.4 is 9.80 Å². The van der Waals surface area contributed by atoms with Crippen LogP contribution in [0, 0.1) is 6.07 Å². The molecule has 0 heterocycles.